The average molecular weight is 359 g/mol. The number of hydrogen-bond donors (Lipinski definition) is 2. The molecule has 4 heteroatoms. The van der Waals surface area contributed by atoms with Crippen molar-refractivity contribution in [2.24, 2.45) is 0 Å². The van der Waals surface area contributed by atoms with Gasteiger partial charge in [0.25, 0.3) is 5.91 Å². The van der Waals surface area contributed by atoms with Gasteiger partial charge in [-0.05, 0) is 66.8 Å². The van der Waals surface area contributed by atoms with E-state index in [2.05, 4.69) is 54.3 Å². The number of hydrogen-bond acceptors (Lipinski definition) is 2. The Morgan fingerprint density at radius 2 is 1.78 bits per heavy atom. The van der Waals surface area contributed by atoms with Crippen LogP contribution in [0.4, 0.5) is 0 Å². The molecule has 1 aliphatic heterocycles. The number of nitrogens with one attached hydrogen (secondary N) is 2. The molecule has 138 valence electrons. The summed E-state index contributed by atoms with van der Waals surface area (Å²) in [6.45, 7) is 7.30. The van der Waals surface area contributed by atoms with Crippen molar-refractivity contribution in [1.82, 2.24) is 15.3 Å². The molecule has 27 heavy (non-hydrogen) atoms. The van der Waals surface area contributed by atoms with Crippen LogP contribution in [0.15, 0.2) is 36.5 Å². The van der Waals surface area contributed by atoms with E-state index in [0.717, 1.165) is 53.0 Å². The van der Waals surface area contributed by atoms with Gasteiger partial charge >= 0.3 is 0 Å². The van der Waals surface area contributed by atoms with Crippen LogP contribution in [0.25, 0.3) is 22.5 Å². The van der Waals surface area contributed by atoms with Crippen LogP contribution < -0.4 is 5.32 Å². The molecule has 4 rings (SSSR count). The second-order valence-corrected chi connectivity index (χ2v) is 7.14. The Kier molecular flexibility index (Phi) is 4.56. The molecule has 0 unspecified atom stereocenters. The van der Waals surface area contributed by atoms with E-state index in [1.54, 1.807) is 0 Å². The second kappa shape index (κ2) is 7.03. The molecule has 1 aromatic carbocycles. The number of amides is 1. The third-order valence-corrected chi connectivity index (χ3v) is 5.56. The SMILES string of the molecule is CCc1cc(-c2cc(-c3cc4c([nH]3)CCNC4=O)ccn2)cc(CC)c1C. The van der Waals surface area contributed by atoms with Gasteiger partial charge in [-0.15, -0.1) is 0 Å². The number of benzene rings is 1. The maximum absolute atomic E-state index is 12.0. The van der Waals surface area contributed by atoms with Crippen LogP contribution in [0.2, 0.25) is 0 Å². The van der Waals surface area contributed by atoms with Crippen LogP contribution in [0.3, 0.4) is 0 Å². The van der Waals surface area contributed by atoms with Gasteiger partial charge in [0.05, 0.1) is 11.3 Å². The highest BCUT2D eigenvalue weighted by Crippen LogP contribution is 2.29. The summed E-state index contributed by atoms with van der Waals surface area (Å²) in [5.41, 5.74) is 10.1. The van der Waals surface area contributed by atoms with E-state index in [0.29, 0.717) is 6.54 Å². The lowest BCUT2D eigenvalue weighted by Crippen LogP contribution is -2.31. The minimum atomic E-state index is 0.00624. The van der Waals surface area contributed by atoms with Crippen molar-refractivity contribution in [2.45, 2.75) is 40.0 Å². The van der Waals surface area contributed by atoms with Crippen molar-refractivity contribution in [3.05, 3.63) is 64.5 Å². The van der Waals surface area contributed by atoms with Crippen molar-refractivity contribution in [3.8, 4) is 22.5 Å². The zero-order valence-corrected chi connectivity index (χ0v) is 16.1. The normalized spacial score (nSPS) is 13.4. The third kappa shape index (κ3) is 3.16. The number of aromatic amines is 1. The minimum Gasteiger partial charge on any atom is -0.358 e. The molecule has 0 spiro atoms. The predicted molar refractivity (Wildman–Crippen MR) is 109 cm³/mol. The van der Waals surface area contributed by atoms with Crippen molar-refractivity contribution in [2.75, 3.05) is 6.54 Å². The van der Waals surface area contributed by atoms with E-state index < -0.39 is 0 Å². The number of fused-ring (bicyclic) bond motifs is 1. The van der Waals surface area contributed by atoms with Gasteiger partial charge in [-0.2, -0.15) is 0 Å². The van der Waals surface area contributed by atoms with E-state index in [-0.39, 0.29) is 5.91 Å². The van der Waals surface area contributed by atoms with Gasteiger partial charge in [0, 0.05) is 41.7 Å². The fourth-order valence-corrected chi connectivity index (χ4v) is 3.93. The monoisotopic (exact) mass is 359 g/mol. The highest BCUT2D eigenvalue weighted by molar-refractivity contribution is 5.97. The highest BCUT2D eigenvalue weighted by atomic mass is 16.1. The largest absolute Gasteiger partial charge is 0.358 e. The van der Waals surface area contributed by atoms with Gasteiger partial charge < -0.3 is 10.3 Å². The maximum atomic E-state index is 12.0. The van der Waals surface area contributed by atoms with Gasteiger partial charge in [0.1, 0.15) is 0 Å². The summed E-state index contributed by atoms with van der Waals surface area (Å²) in [6, 6.07) is 10.6. The molecule has 1 amide bonds. The zero-order chi connectivity index (χ0) is 19.0. The molecule has 0 aliphatic carbocycles. The first-order chi connectivity index (χ1) is 13.1. The van der Waals surface area contributed by atoms with E-state index in [4.69, 9.17) is 0 Å². The molecule has 3 aromatic rings. The quantitative estimate of drug-likeness (QED) is 0.722. The predicted octanol–water partition coefficient (Wildman–Crippen LogP) is 4.46. The van der Waals surface area contributed by atoms with Crippen molar-refractivity contribution < 1.29 is 4.79 Å². The highest BCUT2D eigenvalue weighted by Gasteiger charge is 2.20. The van der Waals surface area contributed by atoms with Gasteiger partial charge in [0.15, 0.2) is 0 Å². The van der Waals surface area contributed by atoms with Gasteiger partial charge in [-0.3, -0.25) is 9.78 Å². The molecule has 0 saturated carbocycles. The van der Waals surface area contributed by atoms with E-state index >= 15 is 0 Å². The first kappa shape index (κ1) is 17.5. The summed E-state index contributed by atoms with van der Waals surface area (Å²) >= 11 is 0. The Hall–Kier alpha value is -2.88. The summed E-state index contributed by atoms with van der Waals surface area (Å²) in [5.74, 6) is 0.00624. The van der Waals surface area contributed by atoms with Crippen molar-refractivity contribution >= 4 is 5.91 Å². The zero-order valence-electron chi connectivity index (χ0n) is 16.1. The molecule has 1 aliphatic rings. The smallest absolute Gasteiger partial charge is 0.253 e. The number of pyridine rings is 1. The fraction of sp³-hybridized carbons (Fsp3) is 0.304. The summed E-state index contributed by atoms with van der Waals surface area (Å²) in [7, 11) is 0. The fourth-order valence-electron chi connectivity index (χ4n) is 3.93. The number of carbonyl (C=O) groups is 1. The summed E-state index contributed by atoms with van der Waals surface area (Å²) in [4.78, 5) is 20.1. The molecule has 2 aromatic heterocycles. The molecule has 0 atom stereocenters. The number of H-pyrrole nitrogens is 1. The molecular formula is C23H25N3O. The van der Waals surface area contributed by atoms with Gasteiger partial charge in [-0.1, -0.05) is 13.8 Å². The molecule has 3 heterocycles. The lowest BCUT2D eigenvalue weighted by Gasteiger charge is -2.13. The molecule has 0 fully saturated rings. The first-order valence-electron chi connectivity index (χ1n) is 9.70. The Morgan fingerprint density at radius 3 is 2.44 bits per heavy atom. The van der Waals surface area contributed by atoms with Crippen LogP contribution in [0, 0.1) is 6.92 Å². The molecule has 0 bridgehead atoms. The molecule has 0 saturated heterocycles. The Balaban J connectivity index is 1.77. The standard InChI is InChI=1S/C23H25N3O/c1-4-15-10-18(11-16(5-2)14(15)3)21-12-17(6-8-24-21)22-13-19-20(26-22)7-9-25-23(19)27/h6,8,10-13,26H,4-5,7,9H2,1-3H3,(H,25,27). The number of carbonyl (C=O) groups excluding carboxylic acids is 1. The van der Waals surface area contributed by atoms with E-state index in [9.17, 15) is 4.79 Å². The topological polar surface area (TPSA) is 57.8 Å². The molecule has 0 radical (unpaired) electrons. The second-order valence-electron chi connectivity index (χ2n) is 7.14. The van der Waals surface area contributed by atoms with Crippen LogP contribution in [-0.2, 0) is 19.3 Å². The van der Waals surface area contributed by atoms with Crippen LogP contribution in [0.5, 0.6) is 0 Å². The van der Waals surface area contributed by atoms with Crippen LogP contribution >= 0.6 is 0 Å². The van der Waals surface area contributed by atoms with Crippen molar-refractivity contribution in [3.63, 3.8) is 0 Å². The van der Waals surface area contributed by atoms with Crippen LogP contribution in [-0.4, -0.2) is 22.4 Å². The van der Waals surface area contributed by atoms with Crippen LogP contribution in [0.1, 0.15) is 46.6 Å². The summed E-state index contributed by atoms with van der Waals surface area (Å²) in [6.07, 6.45) is 4.73. The maximum Gasteiger partial charge on any atom is 0.253 e. The molecule has 2 N–H and O–H groups in total. The van der Waals surface area contributed by atoms with Gasteiger partial charge in [0.2, 0.25) is 0 Å². The Labute approximate surface area is 160 Å². The number of aromatic nitrogens is 2. The van der Waals surface area contributed by atoms with Gasteiger partial charge in [-0.25, -0.2) is 0 Å². The lowest BCUT2D eigenvalue weighted by atomic mass is 9.94. The van der Waals surface area contributed by atoms with E-state index in [1.807, 2.05) is 18.3 Å². The van der Waals surface area contributed by atoms with Crippen molar-refractivity contribution in [1.29, 1.82) is 0 Å². The van der Waals surface area contributed by atoms with E-state index in [1.165, 1.54) is 16.7 Å². The minimum absolute atomic E-state index is 0.00624. The molecular weight excluding hydrogens is 334 g/mol. The Bertz CT molecular complexity index is 991. The number of nitrogens with zero attached hydrogens (tertiary/aromatic N) is 1. The third-order valence-electron chi connectivity index (χ3n) is 5.56. The molecule has 4 nitrogen and oxygen atoms in total. The average Bonchev–Trinajstić information content (AvgIpc) is 3.14. The summed E-state index contributed by atoms with van der Waals surface area (Å²) in [5, 5.41) is 2.90. The lowest BCUT2D eigenvalue weighted by molar-refractivity contribution is 0.0946. The first-order valence-corrected chi connectivity index (χ1v) is 9.70. The Morgan fingerprint density at radius 1 is 1.04 bits per heavy atom. The number of rotatable bonds is 4. The summed E-state index contributed by atoms with van der Waals surface area (Å²) < 4.78 is 0. The number of aryl methyl sites for hydroxylation is 2.